The van der Waals surface area contributed by atoms with Crippen molar-refractivity contribution < 1.29 is 31.5 Å². The monoisotopic (exact) mass is 444 g/mol. The number of rotatable bonds is 8. The van der Waals surface area contributed by atoms with E-state index in [1.165, 1.54) is 12.1 Å². The fourth-order valence-corrected chi connectivity index (χ4v) is 2.55. The maximum Gasteiger partial charge on any atom is 0.387 e. The molecule has 0 saturated carbocycles. The highest BCUT2D eigenvalue weighted by Crippen LogP contribution is 2.19. The summed E-state index contributed by atoms with van der Waals surface area (Å²) in [6.45, 7) is -0.681. The number of alkyl halides is 2. The summed E-state index contributed by atoms with van der Waals surface area (Å²) in [5.74, 6) is -4.90. The van der Waals surface area contributed by atoms with Crippen LogP contribution in [0.4, 0.5) is 27.6 Å². The molecule has 0 atom stereocenters. The minimum absolute atomic E-state index is 0.0307. The first-order valence-electron chi connectivity index (χ1n) is 9.17. The molecule has 0 spiro atoms. The standard InChI is InChI=1S/C20H21F5N4O2/c1-3-26-20(29(2)11-12-4-6-13(7-5-12)31-19(24)25)27-10-16(30)28-15-9-8-14(21)17(22)18(15)23/h4-9,19H,3,10-11H2,1-2H3,(H,26,27)(H,28,30). The molecule has 0 aliphatic heterocycles. The zero-order valence-electron chi connectivity index (χ0n) is 16.8. The van der Waals surface area contributed by atoms with Gasteiger partial charge in [-0.05, 0) is 36.8 Å². The molecule has 31 heavy (non-hydrogen) atoms. The molecule has 0 aromatic heterocycles. The lowest BCUT2D eigenvalue weighted by Gasteiger charge is -2.22. The molecule has 6 nitrogen and oxygen atoms in total. The van der Waals surface area contributed by atoms with Crippen molar-refractivity contribution in [3.8, 4) is 5.75 Å². The minimum Gasteiger partial charge on any atom is -0.435 e. The average Bonchev–Trinajstić information content (AvgIpc) is 2.72. The number of ether oxygens (including phenoxy) is 1. The number of nitrogens with one attached hydrogen (secondary N) is 2. The number of benzene rings is 2. The van der Waals surface area contributed by atoms with E-state index in [1.54, 1.807) is 24.1 Å². The van der Waals surface area contributed by atoms with Crippen LogP contribution in [0.3, 0.4) is 0 Å². The van der Waals surface area contributed by atoms with Crippen molar-refractivity contribution >= 4 is 17.6 Å². The zero-order valence-corrected chi connectivity index (χ0v) is 16.8. The lowest BCUT2D eigenvalue weighted by atomic mass is 10.2. The summed E-state index contributed by atoms with van der Waals surface area (Å²) in [5, 5.41) is 5.11. The summed E-state index contributed by atoms with van der Waals surface area (Å²) in [4.78, 5) is 17.9. The van der Waals surface area contributed by atoms with Crippen molar-refractivity contribution in [2.75, 3.05) is 25.5 Å². The van der Waals surface area contributed by atoms with Crippen LogP contribution >= 0.6 is 0 Å². The first-order valence-corrected chi connectivity index (χ1v) is 9.17. The number of nitrogens with zero attached hydrogens (tertiary/aromatic N) is 2. The number of anilines is 1. The van der Waals surface area contributed by atoms with E-state index in [9.17, 15) is 26.7 Å². The molecule has 0 aliphatic carbocycles. The molecule has 0 bridgehead atoms. The van der Waals surface area contributed by atoms with Gasteiger partial charge in [0.2, 0.25) is 5.91 Å². The Kier molecular flexibility index (Phi) is 8.59. The second kappa shape index (κ2) is 11.1. The molecule has 0 heterocycles. The number of hydrogen-bond donors (Lipinski definition) is 2. The Hall–Kier alpha value is -3.37. The molecule has 2 aromatic carbocycles. The molecule has 2 aromatic rings. The summed E-state index contributed by atoms with van der Waals surface area (Å²) < 4.78 is 68.7. The maximum atomic E-state index is 13.7. The Bertz CT molecular complexity index is 923. The van der Waals surface area contributed by atoms with E-state index in [2.05, 4.69) is 20.4 Å². The van der Waals surface area contributed by atoms with E-state index in [0.717, 1.165) is 11.6 Å². The van der Waals surface area contributed by atoms with E-state index in [0.29, 0.717) is 25.1 Å². The fraction of sp³-hybridized carbons (Fsp3) is 0.300. The van der Waals surface area contributed by atoms with Gasteiger partial charge in [0.1, 0.15) is 12.3 Å². The molecule has 0 aliphatic rings. The molecule has 2 N–H and O–H groups in total. The van der Waals surface area contributed by atoms with Gasteiger partial charge < -0.3 is 20.3 Å². The maximum absolute atomic E-state index is 13.7. The van der Waals surface area contributed by atoms with Crippen LogP contribution < -0.4 is 15.4 Å². The average molecular weight is 444 g/mol. The molecule has 11 heteroatoms. The highest BCUT2D eigenvalue weighted by Gasteiger charge is 2.15. The third-order valence-electron chi connectivity index (χ3n) is 3.95. The topological polar surface area (TPSA) is 66.0 Å². The van der Waals surface area contributed by atoms with Gasteiger partial charge >= 0.3 is 6.61 Å². The first kappa shape index (κ1) is 23.9. The quantitative estimate of drug-likeness (QED) is 0.282. The Morgan fingerprint density at radius 2 is 1.77 bits per heavy atom. The highest BCUT2D eigenvalue weighted by atomic mass is 19.3. The third-order valence-corrected chi connectivity index (χ3v) is 3.95. The smallest absolute Gasteiger partial charge is 0.387 e. The Morgan fingerprint density at radius 3 is 2.39 bits per heavy atom. The summed E-state index contributed by atoms with van der Waals surface area (Å²) in [6, 6.07) is 7.64. The third kappa shape index (κ3) is 7.12. The van der Waals surface area contributed by atoms with Crippen LogP contribution in [0.1, 0.15) is 12.5 Å². The predicted molar refractivity (Wildman–Crippen MR) is 105 cm³/mol. The lowest BCUT2D eigenvalue weighted by Crippen LogP contribution is -2.39. The van der Waals surface area contributed by atoms with E-state index in [-0.39, 0.29) is 5.75 Å². The number of amides is 1. The molecular formula is C20H21F5N4O2. The summed E-state index contributed by atoms with van der Waals surface area (Å²) in [7, 11) is 1.69. The van der Waals surface area contributed by atoms with Crippen LogP contribution in [0, 0.1) is 17.5 Å². The van der Waals surface area contributed by atoms with Gasteiger partial charge in [0.25, 0.3) is 0 Å². The number of carbonyl (C=O) groups is 1. The van der Waals surface area contributed by atoms with Gasteiger partial charge in [0.05, 0.1) is 5.69 Å². The van der Waals surface area contributed by atoms with E-state index < -0.39 is 42.2 Å². The van der Waals surface area contributed by atoms with Crippen molar-refractivity contribution in [2.45, 2.75) is 20.1 Å². The molecule has 168 valence electrons. The number of guanidine groups is 1. The second-order valence-electron chi connectivity index (χ2n) is 6.32. The van der Waals surface area contributed by atoms with Gasteiger partial charge in [-0.15, -0.1) is 0 Å². The van der Waals surface area contributed by atoms with Crippen molar-refractivity contribution in [3.63, 3.8) is 0 Å². The normalized spacial score (nSPS) is 11.4. The Labute approximate surface area is 175 Å². The van der Waals surface area contributed by atoms with Gasteiger partial charge in [-0.25, -0.2) is 18.2 Å². The minimum atomic E-state index is -2.91. The van der Waals surface area contributed by atoms with E-state index in [4.69, 9.17) is 0 Å². The van der Waals surface area contributed by atoms with Crippen molar-refractivity contribution in [2.24, 2.45) is 4.99 Å². The molecule has 2 rings (SSSR count). The van der Waals surface area contributed by atoms with Crippen LogP contribution in [0.2, 0.25) is 0 Å². The molecule has 0 saturated heterocycles. The molecule has 0 fully saturated rings. The highest BCUT2D eigenvalue weighted by molar-refractivity contribution is 5.94. The Balaban J connectivity index is 2.01. The van der Waals surface area contributed by atoms with Crippen molar-refractivity contribution in [1.29, 1.82) is 0 Å². The van der Waals surface area contributed by atoms with Gasteiger partial charge in [0, 0.05) is 20.1 Å². The van der Waals surface area contributed by atoms with Crippen LogP contribution in [0.25, 0.3) is 0 Å². The second-order valence-corrected chi connectivity index (χ2v) is 6.32. The largest absolute Gasteiger partial charge is 0.435 e. The van der Waals surface area contributed by atoms with Crippen LogP contribution in [0.5, 0.6) is 5.75 Å². The van der Waals surface area contributed by atoms with Crippen LogP contribution in [-0.2, 0) is 11.3 Å². The predicted octanol–water partition coefficient (Wildman–Crippen LogP) is 3.74. The van der Waals surface area contributed by atoms with Gasteiger partial charge in [-0.1, -0.05) is 12.1 Å². The SMILES string of the molecule is CCNC(=NCC(=O)Nc1ccc(F)c(F)c1F)N(C)Cc1ccc(OC(F)F)cc1. The zero-order chi connectivity index (χ0) is 23.0. The molecule has 0 unspecified atom stereocenters. The first-order chi connectivity index (χ1) is 14.7. The number of aliphatic imine (C=N–C) groups is 1. The molecule has 1 amide bonds. The van der Waals surface area contributed by atoms with Gasteiger partial charge in [-0.3, -0.25) is 4.79 Å². The number of hydrogen-bond acceptors (Lipinski definition) is 3. The van der Waals surface area contributed by atoms with Crippen molar-refractivity contribution in [3.05, 3.63) is 59.4 Å². The fourth-order valence-electron chi connectivity index (χ4n) is 2.55. The summed E-state index contributed by atoms with van der Waals surface area (Å²) in [5.41, 5.74) is 0.270. The molecular weight excluding hydrogens is 423 g/mol. The lowest BCUT2D eigenvalue weighted by molar-refractivity contribution is -0.114. The summed E-state index contributed by atoms with van der Waals surface area (Å²) in [6.07, 6.45) is 0. The van der Waals surface area contributed by atoms with Crippen molar-refractivity contribution in [1.82, 2.24) is 10.2 Å². The van der Waals surface area contributed by atoms with E-state index in [1.807, 2.05) is 6.92 Å². The van der Waals surface area contributed by atoms with Crippen LogP contribution in [-0.4, -0.2) is 43.5 Å². The Morgan fingerprint density at radius 1 is 1.10 bits per heavy atom. The molecule has 0 radical (unpaired) electrons. The van der Waals surface area contributed by atoms with Gasteiger partial charge in [-0.2, -0.15) is 8.78 Å². The van der Waals surface area contributed by atoms with Crippen LogP contribution in [0.15, 0.2) is 41.4 Å². The summed E-state index contributed by atoms with van der Waals surface area (Å²) >= 11 is 0. The number of halogens is 5. The number of carbonyl (C=O) groups excluding carboxylic acids is 1. The van der Waals surface area contributed by atoms with E-state index >= 15 is 0 Å². The van der Waals surface area contributed by atoms with Gasteiger partial charge in [0.15, 0.2) is 23.4 Å².